The van der Waals surface area contributed by atoms with E-state index in [-0.39, 0.29) is 61.6 Å². The normalized spacial score (nSPS) is 6.62. The van der Waals surface area contributed by atoms with Crippen molar-refractivity contribution in [3.05, 3.63) is 59.7 Å². The Morgan fingerprint density at radius 3 is 0.875 bits per heavy atom. The first-order valence-electron chi connectivity index (χ1n) is 4.15. The van der Waals surface area contributed by atoms with E-state index in [4.69, 9.17) is 0 Å². The molecule has 2 aromatic rings. The fraction of sp³-hybridized carbons (Fsp3) is 0.167. The molecule has 0 amide bonds. The second-order valence-electron chi connectivity index (χ2n) is 2.92. The molecule has 0 atom stereocenters. The van der Waals surface area contributed by atoms with Gasteiger partial charge in [0.15, 0.2) is 0 Å². The molecule has 0 aliphatic heterocycles. The molecule has 0 unspecified atom stereocenters. The van der Waals surface area contributed by atoms with Crippen molar-refractivity contribution in [3.63, 3.8) is 0 Å². The van der Waals surface area contributed by atoms with Crippen LogP contribution in [0.25, 0.3) is 0 Å². The maximum atomic E-state index is 2.08. The van der Waals surface area contributed by atoms with Gasteiger partial charge in [-0.25, -0.2) is 24.3 Å². The average Bonchev–Trinajstić information content (AvgIpc) is 2.63. The first-order valence-corrected chi connectivity index (χ1v) is 4.15. The molecule has 0 saturated heterocycles. The molecule has 0 nitrogen and oxygen atoms in total. The molecule has 0 heterocycles. The molecular weight excluding hydrogens is 422 g/mol. The average molecular weight is 439 g/mol. The van der Waals surface area contributed by atoms with Crippen LogP contribution < -0.4 is 24.8 Å². The molecule has 0 aliphatic carbocycles. The van der Waals surface area contributed by atoms with Crippen molar-refractivity contribution in [3.8, 4) is 0 Å². The number of hydrogen-bond donors (Lipinski definition) is 0. The van der Waals surface area contributed by atoms with E-state index in [1.54, 1.807) is 0 Å². The van der Waals surface area contributed by atoms with Gasteiger partial charge in [0.1, 0.15) is 0 Å². The minimum absolute atomic E-state index is 0. The fourth-order valence-corrected chi connectivity index (χ4v) is 0.940. The Kier molecular flexibility index (Phi) is 24.3. The summed E-state index contributed by atoms with van der Waals surface area (Å²) in [6.07, 6.45) is 0. The van der Waals surface area contributed by atoms with Crippen LogP contribution in [0.2, 0.25) is 0 Å². The van der Waals surface area contributed by atoms with Crippen LogP contribution in [0.4, 0.5) is 0 Å². The molecule has 0 bridgehead atoms. The number of aryl methyl sites for hydroxylation is 2. The van der Waals surface area contributed by atoms with Gasteiger partial charge < -0.3 is 24.8 Å². The molecule has 4 heteroatoms. The van der Waals surface area contributed by atoms with Crippen LogP contribution in [0.15, 0.2) is 48.5 Å². The Morgan fingerprint density at radius 2 is 0.812 bits per heavy atom. The van der Waals surface area contributed by atoms with Crippen molar-refractivity contribution in [1.29, 1.82) is 0 Å². The van der Waals surface area contributed by atoms with E-state index < -0.39 is 0 Å². The van der Waals surface area contributed by atoms with Gasteiger partial charge in [-0.1, -0.05) is 13.8 Å². The molecule has 16 heavy (non-hydrogen) atoms. The minimum Gasteiger partial charge on any atom is -1.00 e. The molecule has 0 aromatic heterocycles. The van der Waals surface area contributed by atoms with Gasteiger partial charge in [0.05, 0.1) is 0 Å². The van der Waals surface area contributed by atoms with E-state index in [9.17, 15) is 0 Å². The van der Waals surface area contributed by atoms with Crippen LogP contribution in [0.5, 0.6) is 0 Å². The van der Waals surface area contributed by atoms with Gasteiger partial charge in [0.2, 0.25) is 0 Å². The summed E-state index contributed by atoms with van der Waals surface area (Å²) in [6.45, 7) is 4.17. The molecule has 0 N–H and O–H groups in total. The summed E-state index contributed by atoms with van der Waals surface area (Å²) in [6, 6.07) is 16.5. The zero-order chi connectivity index (χ0) is 8.81. The topological polar surface area (TPSA) is 0 Å². The summed E-state index contributed by atoms with van der Waals surface area (Å²) in [5.74, 6) is 0. The summed E-state index contributed by atoms with van der Waals surface area (Å²) in [7, 11) is 0. The second-order valence-corrected chi connectivity index (χ2v) is 2.92. The molecular formula is C12H17Cl2HfSi. The first-order chi connectivity index (χ1) is 5.79. The van der Waals surface area contributed by atoms with Crippen molar-refractivity contribution in [2.75, 3.05) is 0 Å². The van der Waals surface area contributed by atoms with E-state index in [0.717, 1.165) is 0 Å². The van der Waals surface area contributed by atoms with Crippen LogP contribution in [-0.4, -0.2) is 11.0 Å². The fourth-order valence-electron chi connectivity index (χ4n) is 0.940. The van der Waals surface area contributed by atoms with Gasteiger partial charge in [0, 0.05) is 0 Å². The van der Waals surface area contributed by atoms with Crippen LogP contribution in [0, 0.1) is 13.8 Å². The molecule has 87 valence electrons. The van der Waals surface area contributed by atoms with Crippen LogP contribution >= 0.6 is 0 Å². The minimum atomic E-state index is 0. The van der Waals surface area contributed by atoms with Crippen molar-refractivity contribution in [1.82, 2.24) is 0 Å². The summed E-state index contributed by atoms with van der Waals surface area (Å²) in [4.78, 5) is 0. The van der Waals surface area contributed by atoms with E-state index in [1.165, 1.54) is 11.1 Å². The molecule has 0 spiro atoms. The van der Waals surface area contributed by atoms with Crippen LogP contribution in [0.3, 0.4) is 0 Å². The van der Waals surface area contributed by atoms with Gasteiger partial charge in [-0.05, 0) is 11.0 Å². The van der Waals surface area contributed by atoms with Gasteiger partial charge >= 0.3 is 25.8 Å². The van der Waals surface area contributed by atoms with Crippen molar-refractivity contribution >= 4 is 11.0 Å². The third kappa shape index (κ3) is 12.4. The molecule has 0 saturated carbocycles. The summed E-state index contributed by atoms with van der Waals surface area (Å²) < 4.78 is 0. The van der Waals surface area contributed by atoms with Gasteiger partial charge in [-0.2, -0.15) is 35.4 Å². The number of rotatable bonds is 0. The van der Waals surface area contributed by atoms with E-state index in [2.05, 4.69) is 38.1 Å². The van der Waals surface area contributed by atoms with E-state index in [0.29, 0.717) is 0 Å². The zero-order valence-corrected chi connectivity index (χ0v) is 17.0. The summed E-state index contributed by atoms with van der Waals surface area (Å²) in [5.41, 5.74) is 2.69. The molecule has 2 aromatic carbocycles. The standard InChI is InChI=1S/2C6H7.2ClH.Hf.H3Si/c2*1-6-4-2-3-5-6;;;;/h2*2-5H,1H3;2*1H;;1H3/q2*-1;;;+4;/p-2. The first kappa shape index (κ1) is 25.3. The predicted octanol–water partition coefficient (Wildman–Crippen LogP) is -3.75. The van der Waals surface area contributed by atoms with Crippen molar-refractivity contribution in [2.24, 2.45) is 0 Å². The monoisotopic (exact) mass is 439 g/mol. The van der Waals surface area contributed by atoms with Gasteiger partial charge in [0.25, 0.3) is 0 Å². The third-order valence-corrected chi connectivity index (χ3v) is 1.66. The maximum Gasteiger partial charge on any atom is 4.00 e. The Hall–Kier alpha value is 0.367. The number of halogens is 2. The van der Waals surface area contributed by atoms with Crippen LogP contribution in [0.1, 0.15) is 11.1 Å². The van der Waals surface area contributed by atoms with Crippen molar-refractivity contribution < 1.29 is 50.7 Å². The zero-order valence-electron chi connectivity index (χ0n) is 9.87. The SMILES string of the molecule is C[c-]1cccc1.C[c-]1cccc1.[Cl-].[Cl-].[Hf+4].[SiH3]. The Balaban J connectivity index is -0.0000000720. The molecule has 2 rings (SSSR count). The van der Waals surface area contributed by atoms with E-state index >= 15 is 0 Å². The Bertz CT molecular complexity index is 258. The molecule has 0 fully saturated rings. The Labute approximate surface area is 134 Å². The molecule has 1 radical (unpaired) electrons. The summed E-state index contributed by atoms with van der Waals surface area (Å²) >= 11 is 0. The van der Waals surface area contributed by atoms with Gasteiger partial charge in [-0.15, -0.1) is 0 Å². The maximum absolute atomic E-state index is 2.08. The second kappa shape index (κ2) is 15.4. The number of hydrogen-bond acceptors (Lipinski definition) is 0. The Morgan fingerprint density at radius 1 is 0.625 bits per heavy atom. The third-order valence-electron chi connectivity index (χ3n) is 1.66. The quantitative estimate of drug-likeness (QED) is 0.293. The largest absolute Gasteiger partial charge is 4.00 e. The van der Waals surface area contributed by atoms with E-state index in [1.807, 2.05) is 24.3 Å². The predicted molar refractivity (Wildman–Crippen MR) is 63.5 cm³/mol. The molecule has 0 aliphatic rings. The van der Waals surface area contributed by atoms with Gasteiger partial charge in [-0.3, -0.25) is 0 Å². The summed E-state index contributed by atoms with van der Waals surface area (Å²) in [5, 5.41) is 0. The van der Waals surface area contributed by atoms with Crippen LogP contribution in [-0.2, 0) is 25.8 Å². The van der Waals surface area contributed by atoms with Crippen molar-refractivity contribution in [2.45, 2.75) is 13.8 Å². The smallest absolute Gasteiger partial charge is 1.00 e.